The summed E-state index contributed by atoms with van der Waals surface area (Å²) in [5, 5.41) is 34.3. The molecule has 1 aliphatic heterocycles. The van der Waals surface area contributed by atoms with E-state index in [1.807, 2.05) is 0 Å². The van der Waals surface area contributed by atoms with Crippen LogP contribution in [0.3, 0.4) is 0 Å². The van der Waals surface area contributed by atoms with Crippen LogP contribution in [0.1, 0.15) is 31.2 Å². The molecule has 15 heteroatoms. The molecule has 4 atom stereocenters. The van der Waals surface area contributed by atoms with Gasteiger partial charge in [0.15, 0.2) is 28.8 Å². The highest BCUT2D eigenvalue weighted by atomic mass is 35.5. The topological polar surface area (TPSA) is 190 Å². The van der Waals surface area contributed by atoms with Crippen LogP contribution in [0.15, 0.2) is 58.7 Å². The lowest BCUT2D eigenvalue weighted by Crippen LogP contribution is -2.39. The molecule has 1 heterocycles. The number of ketones is 2. The van der Waals surface area contributed by atoms with Crippen LogP contribution in [0.5, 0.6) is 11.5 Å². The molecule has 0 radical (unpaired) electrons. The van der Waals surface area contributed by atoms with Crippen LogP contribution in [0, 0.1) is 38.0 Å². The molecule has 6 rings (SSSR count). The number of carbonyl (C=O) groups is 4. The average molecular weight is 663 g/mol. The van der Waals surface area contributed by atoms with Crippen LogP contribution in [0.2, 0.25) is 5.02 Å². The van der Waals surface area contributed by atoms with Gasteiger partial charge in [-0.15, -0.1) is 0 Å². The number of phenolic OH excluding ortho intramolecular Hbond substituents is 1. The number of rotatable bonds is 6. The number of fused-ring (bicyclic) bond motifs is 3. The largest absolute Gasteiger partial charge is 0.503 e. The Hall–Kier alpha value is -5.37. The smallest absolute Gasteiger partial charge is 0.301 e. The SMILES string of the molecule is COc1cc(C2C3=CCC4C(=O)N(c5cc([N+](=O)[O-])c(N(C)C)c([N+](=O)[O-])c5)C(=O)C4C3CC3=C2C(=O)C=C(C)C3=O)cc(Cl)c1O. The Morgan fingerprint density at radius 3 is 2.21 bits per heavy atom. The Labute approximate surface area is 271 Å². The number of nitro groups is 2. The highest BCUT2D eigenvalue weighted by Crippen LogP contribution is 2.56. The first-order valence-corrected chi connectivity index (χ1v) is 14.8. The Balaban J connectivity index is 1.50. The lowest BCUT2D eigenvalue weighted by atomic mass is 9.59. The number of nitro benzene ring substituents is 2. The van der Waals surface area contributed by atoms with Crippen molar-refractivity contribution < 1.29 is 38.9 Å². The van der Waals surface area contributed by atoms with E-state index in [0.717, 1.165) is 17.0 Å². The summed E-state index contributed by atoms with van der Waals surface area (Å²) in [5.41, 5.74) is -0.331. The van der Waals surface area contributed by atoms with Crippen LogP contribution in [-0.4, -0.2) is 59.5 Å². The summed E-state index contributed by atoms with van der Waals surface area (Å²) in [4.78, 5) is 79.5. The predicted octanol–water partition coefficient (Wildman–Crippen LogP) is 4.57. The fourth-order valence-corrected chi connectivity index (χ4v) is 7.61. The number of nitrogens with zero attached hydrogens (tertiary/aromatic N) is 4. The number of hydrogen-bond donors (Lipinski definition) is 1. The number of allylic oxidation sites excluding steroid dienone is 6. The van der Waals surface area contributed by atoms with Crippen molar-refractivity contribution in [2.24, 2.45) is 17.8 Å². The number of methoxy groups -OCH3 is 1. The lowest BCUT2D eigenvalue weighted by molar-refractivity contribution is -0.392. The third kappa shape index (κ3) is 4.70. The van der Waals surface area contributed by atoms with Crippen molar-refractivity contribution in [1.82, 2.24) is 0 Å². The van der Waals surface area contributed by atoms with Gasteiger partial charge in [-0.05, 0) is 49.5 Å². The second kappa shape index (κ2) is 11.2. The van der Waals surface area contributed by atoms with Crippen molar-refractivity contribution in [3.8, 4) is 11.5 Å². The number of anilines is 2. The first-order valence-electron chi connectivity index (χ1n) is 14.5. The molecule has 1 N–H and O–H groups in total. The maximum Gasteiger partial charge on any atom is 0.301 e. The lowest BCUT2D eigenvalue weighted by Gasteiger charge is -2.42. The fraction of sp³-hybridized carbons (Fsp3) is 0.312. The molecule has 4 unspecified atom stereocenters. The van der Waals surface area contributed by atoms with E-state index in [-0.39, 0.29) is 63.2 Å². The summed E-state index contributed by atoms with van der Waals surface area (Å²) in [7, 11) is 4.12. The average Bonchev–Trinajstić information content (AvgIpc) is 3.28. The van der Waals surface area contributed by atoms with Crippen molar-refractivity contribution in [2.75, 3.05) is 31.0 Å². The highest BCUT2D eigenvalue weighted by Gasteiger charge is 2.57. The van der Waals surface area contributed by atoms with E-state index < -0.39 is 62.5 Å². The number of amides is 2. The summed E-state index contributed by atoms with van der Waals surface area (Å²) in [6.07, 6.45) is 3.02. The summed E-state index contributed by atoms with van der Waals surface area (Å²) in [6.45, 7) is 1.51. The van der Waals surface area contributed by atoms with E-state index in [9.17, 15) is 44.5 Å². The number of phenols is 1. The standard InChI is InChI=1S/C32H27ClN4O10/c1-13-7-23(38)27-19(29(13)39)12-18-16(25(27)14-8-20(33)30(40)24(9-14)47-4)5-6-17-26(18)32(42)35(31(17)41)15-10-21(36(43)44)28(34(2)3)22(11-15)37(45)46/h5,7-11,17-18,25-26,40H,6,12H2,1-4H3. The molecule has 242 valence electrons. The van der Waals surface area contributed by atoms with Gasteiger partial charge in [0.25, 0.3) is 0 Å². The second-order valence-electron chi connectivity index (χ2n) is 12.0. The molecule has 2 aromatic carbocycles. The molecule has 0 aromatic heterocycles. The van der Waals surface area contributed by atoms with Crippen molar-refractivity contribution in [2.45, 2.75) is 25.7 Å². The number of hydrogen-bond acceptors (Lipinski definition) is 11. The van der Waals surface area contributed by atoms with Gasteiger partial charge in [-0.25, -0.2) is 4.90 Å². The van der Waals surface area contributed by atoms with E-state index in [0.29, 0.717) is 11.1 Å². The molecule has 1 fully saturated rings. The van der Waals surface area contributed by atoms with Crippen LogP contribution in [-0.2, 0) is 19.2 Å². The van der Waals surface area contributed by atoms with Gasteiger partial charge in [-0.1, -0.05) is 23.3 Å². The van der Waals surface area contributed by atoms with E-state index in [1.165, 1.54) is 51.2 Å². The van der Waals surface area contributed by atoms with Gasteiger partial charge in [0.05, 0.1) is 39.5 Å². The van der Waals surface area contributed by atoms with E-state index in [4.69, 9.17) is 16.3 Å². The predicted molar refractivity (Wildman–Crippen MR) is 168 cm³/mol. The number of halogens is 1. The van der Waals surface area contributed by atoms with E-state index in [2.05, 4.69) is 0 Å². The molecule has 14 nitrogen and oxygen atoms in total. The van der Waals surface area contributed by atoms with Crippen molar-refractivity contribution >= 4 is 57.7 Å². The van der Waals surface area contributed by atoms with Gasteiger partial charge in [0, 0.05) is 48.9 Å². The number of carbonyl (C=O) groups excluding carboxylic acids is 4. The Kier molecular flexibility index (Phi) is 7.50. The fourth-order valence-electron chi connectivity index (χ4n) is 7.39. The number of ether oxygens (including phenoxy) is 1. The number of imide groups is 1. The molecule has 4 aliphatic rings. The van der Waals surface area contributed by atoms with Crippen molar-refractivity contribution in [1.29, 1.82) is 0 Å². The number of benzene rings is 2. The van der Waals surface area contributed by atoms with Gasteiger partial charge in [-0.2, -0.15) is 0 Å². The van der Waals surface area contributed by atoms with Crippen LogP contribution in [0.25, 0.3) is 0 Å². The quantitative estimate of drug-likeness (QED) is 0.150. The first-order chi connectivity index (χ1) is 22.2. The zero-order chi connectivity index (χ0) is 34.2. The molecular formula is C32H27ClN4O10. The maximum atomic E-state index is 14.3. The monoisotopic (exact) mass is 662 g/mol. The minimum Gasteiger partial charge on any atom is -0.503 e. The molecule has 0 saturated carbocycles. The Morgan fingerprint density at radius 1 is 1.00 bits per heavy atom. The van der Waals surface area contributed by atoms with E-state index >= 15 is 0 Å². The molecule has 47 heavy (non-hydrogen) atoms. The Morgan fingerprint density at radius 2 is 1.64 bits per heavy atom. The summed E-state index contributed by atoms with van der Waals surface area (Å²) in [5.74, 6) is -6.13. The molecular weight excluding hydrogens is 636 g/mol. The summed E-state index contributed by atoms with van der Waals surface area (Å²) < 4.78 is 5.30. The van der Waals surface area contributed by atoms with Crippen LogP contribution >= 0.6 is 11.6 Å². The van der Waals surface area contributed by atoms with Crippen LogP contribution < -0.4 is 14.5 Å². The molecule has 0 bridgehead atoms. The minimum atomic E-state index is -1.05. The molecule has 1 saturated heterocycles. The van der Waals surface area contributed by atoms with Gasteiger partial charge < -0.3 is 14.7 Å². The third-order valence-electron chi connectivity index (χ3n) is 9.32. The molecule has 2 amide bonds. The number of Topliss-reactive ketones (excluding diaryl/α,β-unsaturated/α-hetero) is 1. The third-order valence-corrected chi connectivity index (χ3v) is 9.61. The summed E-state index contributed by atoms with van der Waals surface area (Å²) >= 11 is 6.34. The second-order valence-corrected chi connectivity index (χ2v) is 12.4. The molecule has 3 aliphatic carbocycles. The van der Waals surface area contributed by atoms with Crippen molar-refractivity contribution in [3.63, 3.8) is 0 Å². The Bertz CT molecular complexity index is 1930. The zero-order valence-electron chi connectivity index (χ0n) is 25.5. The number of aromatic hydroxyl groups is 1. The first kappa shape index (κ1) is 31.6. The molecule has 0 spiro atoms. The van der Waals surface area contributed by atoms with E-state index in [1.54, 1.807) is 6.08 Å². The van der Waals surface area contributed by atoms with Crippen molar-refractivity contribution in [3.05, 3.63) is 89.5 Å². The summed E-state index contributed by atoms with van der Waals surface area (Å²) in [6, 6.07) is 4.88. The normalized spacial score (nSPS) is 23.6. The molecule has 2 aromatic rings. The maximum absolute atomic E-state index is 14.3. The van der Waals surface area contributed by atoms with Gasteiger partial charge in [0.2, 0.25) is 11.8 Å². The van der Waals surface area contributed by atoms with Crippen LogP contribution in [0.4, 0.5) is 22.7 Å². The van der Waals surface area contributed by atoms with Gasteiger partial charge >= 0.3 is 11.4 Å². The highest BCUT2D eigenvalue weighted by molar-refractivity contribution is 6.32. The van der Waals surface area contributed by atoms with Gasteiger partial charge in [-0.3, -0.25) is 39.4 Å². The zero-order valence-corrected chi connectivity index (χ0v) is 26.2. The van der Waals surface area contributed by atoms with Gasteiger partial charge in [0.1, 0.15) is 0 Å². The minimum absolute atomic E-state index is 0.0232.